The molecule has 0 fully saturated rings. The molecule has 0 saturated carbocycles. The molecule has 3 N–H and O–H groups in total. The largest absolute Gasteiger partial charge is 0.449 e. The quantitative estimate of drug-likeness (QED) is 0.295. The maximum Gasteiger partial charge on any atom is 0.449 e. The maximum atomic E-state index is 13.1. The fraction of sp³-hybridized carbons (Fsp3) is 0.0455. The molecule has 0 saturated heterocycles. The highest BCUT2D eigenvalue weighted by Crippen LogP contribution is 2.30. The summed E-state index contributed by atoms with van der Waals surface area (Å²) in [7, 11) is 0. The Labute approximate surface area is 204 Å². The Morgan fingerprint density at radius 3 is 1.80 bits per heavy atom. The number of amides is 2. The lowest BCUT2D eigenvalue weighted by molar-refractivity contribution is -0.144. The van der Waals surface area contributed by atoms with Gasteiger partial charge in [0.05, 0.1) is 32.2 Å². The number of H-pyrrole nitrogens is 1. The summed E-state index contributed by atoms with van der Waals surface area (Å²) in [5.74, 6) is -2.98. The van der Waals surface area contributed by atoms with Gasteiger partial charge in [-0.25, -0.2) is 4.98 Å². The van der Waals surface area contributed by atoms with E-state index in [9.17, 15) is 22.8 Å². The molecular formula is C22H13Cl2F3N4O4. The molecule has 0 spiro atoms. The Kier molecular flexibility index (Phi) is 6.72. The van der Waals surface area contributed by atoms with E-state index in [0.717, 1.165) is 12.1 Å². The molecule has 1 aromatic heterocycles. The number of imidazole rings is 1. The zero-order valence-electron chi connectivity index (χ0n) is 17.2. The zero-order chi connectivity index (χ0) is 25.2. The van der Waals surface area contributed by atoms with Crippen molar-refractivity contribution >= 4 is 46.0 Å². The van der Waals surface area contributed by atoms with Gasteiger partial charge in [0.25, 0.3) is 11.8 Å². The van der Waals surface area contributed by atoms with Crippen molar-refractivity contribution in [3.63, 3.8) is 0 Å². The van der Waals surface area contributed by atoms with Gasteiger partial charge in [-0.3, -0.25) is 9.59 Å². The van der Waals surface area contributed by atoms with E-state index in [1.54, 1.807) is 24.3 Å². The highest BCUT2D eigenvalue weighted by molar-refractivity contribution is 6.32. The average molecular weight is 525 g/mol. The van der Waals surface area contributed by atoms with Crippen LogP contribution in [-0.4, -0.2) is 21.8 Å². The van der Waals surface area contributed by atoms with E-state index in [1.807, 2.05) is 0 Å². The van der Waals surface area contributed by atoms with Crippen molar-refractivity contribution in [2.75, 3.05) is 0 Å². The number of aromatic nitrogens is 2. The van der Waals surface area contributed by atoms with E-state index in [1.165, 1.54) is 24.3 Å². The van der Waals surface area contributed by atoms with Gasteiger partial charge in [0.1, 0.15) is 0 Å². The van der Waals surface area contributed by atoms with E-state index < -0.39 is 23.8 Å². The van der Waals surface area contributed by atoms with Crippen LogP contribution in [0.25, 0.3) is 11.0 Å². The van der Waals surface area contributed by atoms with Gasteiger partial charge < -0.3 is 14.7 Å². The number of hydroxylamine groups is 2. The minimum Gasteiger partial charge on any atom is -0.378 e. The number of rotatable bonds is 6. The van der Waals surface area contributed by atoms with Crippen molar-refractivity contribution in [2.24, 2.45) is 0 Å². The van der Waals surface area contributed by atoms with Gasteiger partial charge in [0.15, 0.2) is 11.5 Å². The number of carbonyl (C=O) groups excluding carboxylic acids is 2. The lowest BCUT2D eigenvalue weighted by atomic mass is 10.1. The summed E-state index contributed by atoms with van der Waals surface area (Å²) >= 11 is 12.0. The highest BCUT2D eigenvalue weighted by atomic mass is 35.5. The summed E-state index contributed by atoms with van der Waals surface area (Å²) < 4.78 is 39.4. The molecule has 13 heteroatoms. The fourth-order valence-corrected chi connectivity index (χ4v) is 3.28. The number of halogens is 5. The second-order valence-electron chi connectivity index (χ2n) is 6.93. The minimum atomic E-state index is -4.77. The first-order valence-corrected chi connectivity index (χ1v) is 10.4. The van der Waals surface area contributed by atoms with E-state index >= 15 is 0 Å². The molecule has 180 valence electrons. The topological polar surface area (TPSA) is 105 Å². The SMILES string of the molecule is O=C(NOc1ccccc1Cl)c1cc2nc(C(F)(F)F)[nH]c2cc1C(=O)NOc1ccccc1Cl. The first-order valence-electron chi connectivity index (χ1n) is 9.68. The Balaban J connectivity index is 1.66. The van der Waals surface area contributed by atoms with Gasteiger partial charge in [-0.15, -0.1) is 0 Å². The Morgan fingerprint density at radius 1 is 0.829 bits per heavy atom. The van der Waals surface area contributed by atoms with Gasteiger partial charge in [0, 0.05) is 0 Å². The first-order chi connectivity index (χ1) is 16.6. The monoisotopic (exact) mass is 524 g/mol. The van der Waals surface area contributed by atoms with Crippen LogP contribution in [-0.2, 0) is 6.18 Å². The van der Waals surface area contributed by atoms with Crippen LogP contribution in [0.3, 0.4) is 0 Å². The molecule has 0 atom stereocenters. The molecule has 1 heterocycles. The summed E-state index contributed by atoms with van der Waals surface area (Å²) in [6.07, 6.45) is -4.77. The molecule has 0 aliphatic heterocycles. The molecular weight excluding hydrogens is 512 g/mol. The average Bonchev–Trinajstić information content (AvgIpc) is 3.26. The predicted molar refractivity (Wildman–Crippen MR) is 120 cm³/mol. The number of nitrogens with zero attached hydrogens (tertiary/aromatic N) is 1. The number of fused-ring (bicyclic) bond motifs is 1. The normalized spacial score (nSPS) is 11.2. The molecule has 8 nitrogen and oxygen atoms in total. The third kappa shape index (κ3) is 5.42. The summed E-state index contributed by atoms with van der Waals surface area (Å²) in [5.41, 5.74) is 3.21. The summed E-state index contributed by atoms with van der Waals surface area (Å²) in [6.45, 7) is 0. The van der Waals surface area contributed by atoms with E-state index in [2.05, 4.69) is 20.9 Å². The van der Waals surface area contributed by atoms with E-state index in [-0.39, 0.29) is 43.7 Å². The number of nitrogens with one attached hydrogen (secondary N) is 3. The molecule has 0 radical (unpaired) electrons. The van der Waals surface area contributed by atoms with Gasteiger partial charge in [0.2, 0.25) is 5.82 Å². The van der Waals surface area contributed by atoms with Crippen LogP contribution in [0.4, 0.5) is 13.2 Å². The van der Waals surface area contributed by atoms with Crippen LogP contribution >= 0.6 is 23.2 Å². The molecule has 35 heavy (non-hydrogen) atoms. The van der Waals surface area contributed by atoms with Gasteiger partial charge in [-0.1, -0.05) is 47.5 Å². The van der Waals surface area contributed by atoms with E-state index in [4.69, 9.17) is 32.9 Å². The fourth-order valence-electron chi connectivity index (χ4n) is 2.93. The van der Waals surface area contributed by atoms with Crippen LogP contribution in [0.5, 0.6) is 11.5 Å². The van der Waals surface area contributed by atoms with Crippen LogP contribution < -0.4 is 20.6 Å². The number of benzene rings is 3. The molecule has 0 bridgehead atoms. The second-order valence-corrected chi connectivity index (χ2v) is 7.74. The number of alkyl halides is 3. The van der Waals surface area contributed by atoms with Gasteiger partial charge in [-0.2, -0.15) is 24.1 Å². The maximum absolute atomic E-state index is 13.1. The number of hydrogen-bond donors (Lipinski definition) is 3. The molecule has 3 aromatic carbocycles. The van der Waals surface area contributed by atoms with Crippen LogP contribution in [0.15, 0.2) is 60.7 Å². The van der Waals surface area contributed by atoms with Crippen molar-refractivity contribution < 1.29 is 32.4 Å². The van der Waals surface area contributed by atoms with Gasteiger partial charge in [-0.05, 0) is 36.4 Å². The van der Waals surface area contributed by atoms with Crippen molar-refractivity contribution in [1.29, 1.82) is 0 Å². The lowest BCUT2D eigenvalue weighted by Crippen LogP contribution is -2.32. The number of hydrogen-bond acceptors (Lipinski definition) is 5. The number of para-hydroxylation sites is 2. The number of carbonyl (C=O) groups is 2. The predicted octanol–water partition coefficient (Wildman–Crippen LogP) is 5.34. The van der Waals surface area contributed by atoms with Crippen molar-refractivity contribution in [1.82, 2.24) is 20.9 Å². The summed E-state index contributed by atoms with van der Waals surface area (Å²) in [6, 6.07) is 14.5. The van der Waals surface area contributed by atoms with Gasteiger partial charge >= 0.3 is 6.18 Å². The summed E-state index contributed by atoms with van der Waals surface area (Å²) in [5, 5.41) is 0.384. The smallest absolute Gasteiger partial charge is 0.378 e. The standard InChI is InChI=1S/C22H13Cl2F3N4O4/c23-13-5-1-3-7-17(13)34-30-19(32)11-9-15-16(29-21(28-15)22(25,26)27)10-12(11)20(33)31-35-18-8-4-2-6-14(18)24/h1-10H,(H,28,29)(H,30,32)(H,31,33). The second kappa shape index (κ2) is 9.72. The third-order valence-corrected chi connectivity index (χ3v) is 5.18. The first kappa shape index (κ1) is 24.2. The molecule has 4 aromatic rings. The Hall–Kier alpha value is -3.96. The zero-order valence-corrected chi connectivity index (χ0v) is 18.8. The van der Waals surface area contributed by atoms with Crippen LogP contribution in [0.1, 0.15) is 26.5 Å². The molecule has 2 amide bonds. The van der Waals surface area contributed by atoms with Crippen molar-refractivity contribution in [3.8, 4) is 11.5 Å². The molecule has 4 rings (SSSR count). The van der Waals surface area contributed by atoms with Crippen molar-refractivity contribution in [3.05, 3.63) is 87.7 Å². The van der Waals surface area contributed by atoms with E-state index in [0.29, 0.717) is 0 Å². The summed E-state index contributed by atoms with van der Waals surface area (Å²) in [4.78, 5) is 41.6. The Bertz CT molecular complexity index is 1330. The Morgan fingerprint density at radius 2 is 1.31 bits per heavy atom. The van der Waals surface area contributed by atoms with Crippen LogP contribution in [0, 0.1) is 0 Å². The molecule has 0 unspecified atom stereocenters. The van der Waals surface area contributed by atoms with Crippen LogP contribution in [0.2, 0.25) is 10.0 Å². The number of aromatic amines is 1. The van der Waals surface area contributed by atoms with Crippen molar-refractivity contribution in [2.45, 2.75) is 6.18 Å². The molecule has 0 aliphatic rings. The lowest BCUT2D eigenvalue weighted by Gasteiger charge is -2.13. The molecule has 0 aliphatic carbocycles. The third-order valence-electron chi connectivity index (χ3n) is 4.56. The minimum absolute atomic E-state index is 0.107. The highest BCUT2D eigenvalue weighted by Gasteiger charge is 2.35.